The maximum absolute atomic E-state index is 11.8. The van der Waals surface area contributed by atoms with Crippen molar-refractivity contribution < 1.29 is 9.21 Å². The standard InChI is InChI=1S/C14H15N3O2/c1-9-16-17-14(19-9)11-5-7-12(8-6-11)15-13(18)10-3-2-4-10/h5-8,10H,2-4H2,1H3,(H,15,18). The lowest BCUT2D eigenvalue weighted by Gasteiger charge is -2.24. The third-order valence-electron chi connectivity index (χ3n) is 3.40. The van der Waals surface area contributed by atoms with Crippen LogP contribution in [0.1, 0.15) is 25.2 Å². The minimum absolute atomic E-state index is 0.118. The summed E-state index contributed by atoms with van der Waals surface area (Å²) in [6.45, 7) is 1.75. The highest BCUT2D eigenvalue weighted by Crippen LogP contribution is 2.28. The van der Waals surface area contributed by atoms with Gasteiger partial charge in [0.1, 0.15) is 0 Å². The minimum atomic E-state index is 0.118. The van der Waals surface area contributed by atoms with Crippen LogP contribution in [0.25, 0.3) is 11.5 Å². The molecule has 0 radical (unpaired) electrons. The van der Waals surface area contributed by atoms with E-state index in [2.05, 4.69) is 15.5 Å². The van der Waals surface area contributed by atoms with Crippen LogP contribution in [0.15, 0.2) is 28.7 Å². The first-order valence-corrected chi connectivity index (χ1v) is 6.44. The predicted molar refractivity (Wildman–Crippen MR) is 70.4 cm³/mol. The van der Waals surface area contributed by atoms with E-state index in [1.54, 1.807) is 6.92 Å². The van der Waals surface area contributed by atoms with Crippen LogP contribution in [0.2, 0.25) is 0 Å². The van der Waals surface area contributed by atoms with E-state index in [4.69, 9.17) is 4.42 Å². The molecule has 0 atom stereocenters. The molecule has 98 valence electrons. The fraction of sp³-hybridized carbons (Fsp3) is 0.357. The zero-order valence-electron chi connectivity index (χ0n) is 10.7. The van der Waals surface area contributed by atoms with Crippen molar-refractivity contribution in [2.45, 2.75) is 26.2 Å². The van der Waals surface area contributed by atoms with Crippen LogP contribution in [0.5, 0.6) is 0 Å². The van der Waals surface area contributed by atoms with Crippen LogP contribution in [-0.4, -0.2) is 16.1 Å². The van der Waals surface area contributed by atoms with Gasteiger partial charge in [-0.3, -0.25) is 4.79 Å². The van der Waals surface area contributed by atoms with E-state index in [-0.39, 0.29) is 11.8 Å². The zero-order valence-corrected chi connectivity index (χ0v) is 10.7. The third-order valence-corrected chi connectivity index (χ3v) is 3.40. The van der Waals surface area contributed by atoms with Gasteiger partial charge in [0.25, 0.3) is 0 Å². The Hall–Kier alpha value is -2.17. The summed E-state index contributed by atoms with van der Waals surface area (Å²) < 4.78 is 5.35. The molecule has 1 fully saturated rings. The van der Waals surface area contributed by atoms with Crippen molar-refractivity contribution in [3.05, 3.63) is 30.2 Å². The van der Waals surface area contributed by atoms with Gasteiger partial charge in [-0.25, -0.2) is 0 Å². The predicted octanol–water partition coefficient (Wildman–Crippen LogP) is 2.78. The zero-order chi connectivity index (χ0) is 13.2. The molecule has 1 aromatic heterocycles. The van der Waals surface area contributed by atoms with Gasteiger partial charge in [0.05, 0.1) is 0 Å². The lowest BCUT2D eigenvalue weighted by atomic mass is 9.85. The Morgan fingerprint density at radius 3 is 2.53 bits per heavy atom. The molecule has 2 aromatic rings. The summed E-state index contributed by atoms with van der Waals surface area (Å²) in [5.74, 6) is 1.35. The highest BCUT2D eigenvalue weighted by atomic mass is 16.4. The summed E-state index contributed by atoms with van der Waals surface area (Å²) in [6, 6.07) is 7.43. The maximum Gasteiger partial charge on any atom is 0.247 e. The molecular formula is C14H15N3O2. The summed E-state index contributed by atoms with van der Waals surface area (Å²) >= 11 is 0. The van der Waals surface area contributed by atoms with Crippen LogP contribution < -0.4 is 5.32 Å². The summed E-state index contributed by atoms with van der Waals surface area (Å²) in [5.41, 5.74) is 1.65. The first kappa shape index (κ1) is 11.9. The van der Waals surface area contributed by atoms with Gasteiger partial charge in [-0.05, 0) is 37.1 Å². The van der Waals surface area contributed by atoms with Crippen molar-refractivity contribution in [2.75, 3.05) is 5.32 Å². The van der Waals surface area contributed by atoms with Crippen LogP contribution >= 0.6 is 0 Å². The molecule has 1 N–H and O–H groups in total. The summed E-state index contributed by atoms with van der Waals surface area (Å²) in [5, 5.41) is 10.7. The van der Waals surface area contributed by atoms with Crippen LogP contribution in [0.4, 0.5) is 5.69 Å². The molecule has 1 aliphatic carbocycles. The van der Waals surface area contributed by atoms with Gasteiger partial charge in [0, 0.05) is 24.1 Å². The number of rotatable bonds is 3. The molecule has 1 aliphatic rings. The number of anilines is 1. The Morgan fingerprint density at radius 2 is 2.00 bits per heavy atom. The van der Waals surface area contributed by atoms with Crippen LogP contribution in [0.3, 0.4) is 0 Å². The summed E-state index contributed by atoms with van der Waals surface area (Å²) in [7, 11) is 0. The number of amides is 1. The number of carbonyl (C=O) groups excluding carboxylic acids is 1. The summed E-state index contributed by atoms with van der Waals surface area (Å²) in [4.78, 5) is 11.8. The van der Waals surface area contributed by atoms with E-state index < -0.39 is 0 Å². The number of aryl methyl sites for hydroxylation is 1. The smallest absolute Gasteiger partial charge is 0.247 e. The Morgan fingerprint density at radius 1 is 1.26 bits per heavy atom. The van der Waals surface area contributed by atoms with Gasteiger partial charge in [0.15, 0.2) is 0 Å². The van der Waals surface area contributed by atoms with E-state index in [0.717, 1.165) is 30.5 Å². The number of carbonyl (C=O) groups is 1. The molecule has 0 bridgehead atoms. The van der Waals surface area contributed by atoms with Gasteiger partial charge in [-0.2, -0.15) is 0 Å². The molecule has 5 nitrogen and oxygen atoms in total. The number of aromatic nitrogens is 2. The molecular weight excluding hydrogens is 242 g/mol. The quantitative estimate of drug-likeness (QED) is 0.918. The number of hydrogen-bond acceptors (Lipinski definition) is 4. The van der Waals surface area contributed by atoms with Crippen LogP contribution in [0, 0.1) is 12.8 Å². The van der Waals surface area contributed by atoms with Crippen LogP contribution in [-0.2, 0) is 4.79 Å². The van der Waals surface area contributed by atoms with E-state index in [1.807, 2.05) is 24.3 Å². The first-order chi connectivity index (χ1) is 9.22. The van der Waals surface area contributed by atoms with Crippen molar-refractivity contribution in [3.63, 3.8) is 0 Å². The monoisotopic (exact) mass is 257 g/mol. The second-order valence-electron chi connectivity index (χ2n) is 4.82. The van der Waals surface area contributed by atoms with E-state index in [0.29, 0.717) is 11.8 Å². The molecule has 1 saturated carbocycles. The van der Waals surface area contributed by atoms with Gasteiger partial charge in [0.2, 0.25) is 17.7 Å². The number of nitrogens with one attached hydrogen (secondary N) is 1. The number of nitrogens with zero attached hydrogens (tertiary/aromatic N) is 2. The molecule has 1 amide bonds. The minimum Gasteiger partial charge on any atom is -0.421 e. The number of benzene rings is 1. The van der Waals surface area contributed by atoms with Crippen molar-refractivity contribution in [3.8, 4) is 11.5 Å². The Labute approximate surface area is 111 Å². The lowest BCUT2D eigenvalue weighted by molar-refractivity contribution is -0.122. The van der Waals surface area contributed by atoms with Gasteiger partial charge >= 0.3 is 0 Å². The van der Waals surface area contributed by atoms with Gasteiger partial charge in [-0.1, -0.05) is 6.42 Å². The Kier molecular flexibility index (Phi) is 3.03. The molecule has 1 heterocycles. The maximum atomic E-state index is 11.8. The molecule has 0 saturated heterocycles. The molecule has 1 aromatic carbocycles. The van der Waals surface area contributed by atoms with Gasteiger partial charge < -0.3 is 9.73 Å². The fourth-order valence-corrected chi connectivity index (χ4v) is 2.02. The third kappa shape index (κ3) is 2.50. The molecule has 3 rings (SSSR count). The first-order valence-electron chi connectivity index (χ1n) is 6.44. The van der Waals surface area contributed by atoms with Crippen molar-refractivity contribution in [1.29, 1.82) is 0 Å². The van der Waals surface area contributed by atoms with E-state index >= 15 is 0 Å². The average Bonchev–Trinajstić information content (AvgIpc) is 2.74. The SMILES string of the molecule is Cc1nnc(-c2ccc(NC(=O)C3CCC3)cc2)o1. The average molecular weight is 257 g/mol. The Balaban J connectivity index is 1.70. The molecule has 5 heteroatoms. The number of hydrogen-bond donors (Lipinski definition) is 1. The van der Waals surface area contributed by atoms with E-state index in [1.165, 1.54) is 0 Å². The van der Waals surface area contributed by atoms with Crippen molar-refractivity contribution in [1.82, 2.24) is 10.2 Å². The second-order valence-corrected chi connectivity index (χ2v) is 4.82. The highest BCUT2D eigenvalue weighted by molar-refractivity contribution is 5.93. The molecule has 0 spiro atoms. The van der Waals surface area contributed by atoms with Crippen molar-refractivity contribution in [2.24, 2.45) is 5.92 Å². The van der Waals surface area contributed by atoms with Gasteiger partial charge in [-0.15, -0.1) is 10.2 Å². The highest BCUT2D eigenvalue weighted by Gasteiger charge is 2.25. The fourth-order valence-electron chi connectivity index (χ4n) is 2.02. The Bertz CT molecular complexity index is 585. The topological polar surface area (TPSA) is 68.0 Å². The largest absolute Gasteiger partial charge is 0.421 e. The van der Waals surface area contributed by atoms with Crippen molar-refractivity contribution >= 4 is 11.6 Å². The lowest BCUT2D eigenvalue weighted by Crippen LogP contribution is -2.27. The molecule has 19 heavy (non-hydrogen) atoms. The normalized spacial score (nSPS) is 15.0. The molecule has 0 unspecified atom stereocenters. The van der Waals surface area contributed by atoms with E-state index in [9.17, 15) is 4.79 Å². The second kappa shape index (κ2) is 4.84. The summed E-state index contributed by atoms with van der Waals surface area (Å²) in [6.07, 6.45) is 3.17. The molecule has 0 aliphatic heterocycles.